The summed E-state index contributed by atoms with van der Waals surface area (Å²) in [5.74, 6) is 3.23. The van der Waals surface area contributed by atoms with Crippen molar-refractivity contribution in [1.82, 2.24) is 10.6 Å². The molecule has 18 heavy (non-hydrogen) atoms. The number of rotatable bonds is 5. The molecule has 0 aromatic heterocycles. The topological polar surface area (TPSA) is 41.1 Å². The van der Waals surface area contributed by atoms with Crippen LogP contribution in [0.1, 0.15) is 45.4 Å². The number of nitrogens with one attached hydrogen (secondary N) is 2. The smallest absolute Gasteiger partial charge is 0.223 e. The average molecular weight is 250 g/mol. The Labute approximate surface area is 110 Å². The molecule has 0 radical (unpaired) electrons. The predicted octanol–water partition coefficient (Wildman–Crippen LogP) is 1.93. The van der Waals surface area contributed by atoms with E-state index in [1.165, 1.54) is 25.7 Å². The third-order valence-corrected chi connectivity index (χ3v) is 4.96. The minimum Gasteiger partial charge on any atom is -0.356 e. The first-order chi connectivity index (χ1) is 8.74. The molecule has 3 aliphatic rings. The summed E-state index contributed by atoms with van der Waals surface area (Å²) in [5.41, 5.74) is 0. The van der Waals surface area contributed by atoms with E-state index in [9.17, 15) is 4.79 Å². The Balaban J connectivity index is 1.45. The molecule has 2 atom stereocenters. The number of carbonyl (C=O) groups excluding carboxylic acids is 1. The lowest BCUT2D eigenvalue weighted by molar-refractivity contribution is -0.126. The van der Waals surface area contributed by atoms with E-state index in [2.05, 4.69) is 17.6 Å². The van der Waals surface area contributed by atoms with Crippen LogP contribution in [0.15, 0.2) is 0 Å². The lowest BCUT2D eigenvalue weighted by atomic mass is 9.92. The number of hydrogen-bond acceptors (Lipinski definition) is 2. The maximum atomic E-state index is 12.2. The van der Waals surface area contributed by atoms with Crippen molar-refractivity contribution in [2.45, 2.75) is 51.5 Å². The molecule has 0 aromatic rings. The maximum Gasteiger partial charge on any atom is 0.223 e. The van der Waals surface area contributed by atoms with Crippen LogP contribution in [0, 0.1) is 23.7 Å². The molecule has 2 N–H and O–H groups in total. The molecule has 1 aliphatic heterocycles. The van der Waals surface area contributed by atoms with E-state index in [4.69, 9.17) is 0 Å². The molecule has 1 heterocycles. The highest BCUT2D eigenvalue weighted by Crippen LogP contribution is 2.48. The third kappa shape index (κ3) is 3.05. The molecule has 0 bridgehead atoms. The van der Waals surface area contributed by atoms with Gasteiger partial charge in [0.2, 0.25) is 5.91 Å². The summed E-state index contributed by atoms with van der Waals surface area (Å²) in [4.78, 5) is 12.2. The standard InChI is InChI=1S/C15H26N2O/c1-10-8-13(6-7-16-10)15(18)17-9-14(11-2-3-11)12-4-5-12/h10-14,16H,2-9H2,1H3,(H,17,18). The summed E-state index contributed by atoms with van der Waals surface area (Å²) in [5, 5.41) is 6.66. The summed E-state index contributed by atoms with van der Waals surface area (Å²) in [6.07, 6.45) is 7.63. The van der Waals surface area contributed by atoms with Crippen molar-refractivity contribution in [2.75, 3.05) is 13.1 Å². The summed E-state index contributed by atoms with van der Waals surface area (Å²) < 4.78 is 0. The van der Waals surface area contributed by atoms with Crippen LogP contribution >= 0.6 is 0 Å². The minimum atomic E-state index is 0.250. The fourth-order valence-corrected chi connectivity index (χ4v) is 3.50. The zero-order valence-electron chi connectivity index (χ0n) is 11.5. The van der Waals surface area contributed by atoms with Gasteiger partial charge in [-0.2, -0.15) is 0 Å². The zero-order valence-corrected chi connectivity index (χ0v) is 11.5. The van der Waals surface area contributed by atoms with Crippen LogP contribution < -0.4 is 10.6 Å². The summed E-state index contributed by atoms with van der Waals surface area (Å²) >= 11 is 0. The number of piperidine rings is 1. The molecule has 3 heteroatoms. The minimum absolute atomic E-state index is 0.250. The van der Waals surface area contributed by atoms with Gasteiger partial charge in [-0.3, -0.25) is 4.79 Å². The van der Waals surface area contributed by atoms with Gasteiger partial charge >= 0.3 is 0 Å². The van der Waals surface area contributed by atoms with Crippen molar-refractivity contribution in [2.24, 2.45) is 23.7 Å². The molecule has 3 rings (SSSR count). The van der Waals surface area contributed by atoms with Gasteiger partial charge in [-0.25, -0.2) is 0 Å². The molecule has 0 aromatic carbocycles. The van der Waals surface area contributed by atoms with Crippen molar-refractivity contribution in [3.63, 3.8) is 0 Å². The van der Waals surface area contributed by atoms with Gasteiger partial charge in [-0.15, -0.1) is 0 Å². The zero-order chi connectivity index (χ0) is 12.5. The number of amides is 1. The van der Waals surface area contributed by atoms with E-state index in [-0.39, 0.29) is 5.92 Å². The van der Waals surface area contributed by atoms with Crippen molar-refractivity contribution in [3.05, 3.63) is 0 Å². The Morgan fingerprint density at radius 3 is 2.44 bits per heavy atom. The van der Waals surface area contributed by atoms with Crippen LogP contribution in [0.25, 0.3) is 0 Å². The molecule has 102 valence electrons. The fourth-order valence-electron chi connectivity index (χ4n) is 3.50. The molecule has 2 unspecified atom stereocenters. The van der Waals surface area contributed by atoms with E-state index in [0.29, 0.717) is 11.9 Å². The normalized spacial score (nSPS) is 32.6. The Bertz CT molecular complexity index is 298. The van der Waals surface area contributed by atoms with Crippen molar-refractivity contribution in [1.29, 1.82) is 0 Å². The summed E-state index contributed by atoms with van der Waals surface area (Å²) in [6.45, 7) is 4.12. The van der Waals surface area contributed by atoms with Gasteiger partial charge in [-0.1, -0.05) is 0 Å². The van der Waals surface area contributed by atoms with Crippen LogP contribution in [-0.2, 0) is 4.79 Å². The molecule has 3 fully saturated rings. The Morgan fingerprint density at radius 2 is 1.89 bits per heavy atom. The largest absolute Gasteiger partial charge is 0.356 e. The molecular weight excluding hydrogens is 224 g/mol. The van der Waals surface area contributed by atoms with Gasteiger partial charge in [0.25, 0.3) is 0 Å². The Hall–Kier alpha value is -0.570. The van der Waals surface area contributed by atoms with Crippen LogP contribution in [0.5, 0.6) is 0 Å². The Morgan fingerprint density at radius 1 is 1.22 bits per heavy atom. The maximum absolute atomic E-state index is 12.2. The second-order valence-electron chi connectivity index (χ2n) is 6.66. The van der Waals surface area contributed by atoms with Gasteiger partial charge in [0.1, 0.15) is 0 Å². The summed E-state index contributed by atoms with van der Waals surface area (Å²) in [6, 6.07) is 0.497. The van der Waals surface area contributed by atoms with E-state index < -0.39 is 0 Å². The average Bonchev–Trinajstić information content (AvgIpc) is 3.23. The Kier molecular flexibility index (Phi) is 3.60. The van der Waals surface area contributed by atoms with E-state index >= 15 is 0 Å². The lowest BCUT2D eigenvalue weighted by Crippen LogP contribution is -2.43. The summed E-state index contributed by atoms with van der Waals surface area (Å²) in [7, 11) is 0. The molecule has 2 saturated carbocycles. The third-order valence-electron chi connectivity index (χ3n) is 4.96. The van der Waals surface area contributed by atoms with E-state index in [1.807, 2.05) is 0 Å². The van der Waals surface area contributed by atoms with Crippen LogP contribution in [-0.4, -0.2) is 25.0 Å². The quantitative estimate of drug-likeness (QED) is 0.783. The van der Waals surface area contributed by atoms with E-state index in [1.54, 1.807) is 0 Å². The molecule has 2 aliphatic carbocycles. The lowest BCUT2D eigenvalue weighted by Gasteiger charge is -2.28. The molecule has 0 spiro atoms. The van der Waals surface area contributed by atoms with Crippen LogP contribution in [0.3, 0.4) is 0 Å². The highest BCUT2D eigenvalue weighted by Gasteiger charge is 2.41. The van der Waals surface area contributed by atoms with Crippen molar-refractivity contribution < 1.29 is 4.79 Å². The van der Waals surface area contributed by atoms with Gasteiger partial charge in [0.05, 0.1) is 0 Å². The van der Waals surface area contributed by atoms with Gasteiger partial charge < -0.3 is 10.6 Å². The second kappa shape index (κ2) is 5.20. The first-order valence-electron chi connectivity index (χ1n) is 7.75. The van der Waals surface area contributed by atoms with Gasteiger partial charge in [0.15, 0.2) is 0 Å². The first kappa shape index (κ1) is 12.5. The fraction of sp³-hybridized carbons (Fsp3) is 0.933. The van der Waals surface area contributed by atoms with Crippen molar-refractivity contribution in [3.8, 4) is 0 Å². The van der Waals surface area contributed by atoms with Gasteiger partial charge in [0, 0.05) is 18.5 Å². The monoisotopic (exact) mass is 250 g/mol. The van der Waals surface area contributed by atoms with Crippen molar-refractivity contribution >= 4 is 5.91 Å². The number of carbonyl (C=O) groups is 1. The molecular formula is C15H26N2O. The van der Waals surface area contributed by atoms with Crippen LogP contribution in [0.4, 0.5) is 0 Å². The molecule has 3 nitrogen and oxygen atoms in total. The molecule has 1 amide bonds. The van der Waals surface area contributed by atoms with E-state index in [0.717, 1.165) is 43.7 Å². The highest BCUT2D eigenvalue weighted by molar-refractivity contribution is 5.78. The second-order valence-corrected chi connectivity index (χ2v) is 6.66. The SMILES string of the molecule is CC1CC(C(=O)NCC(C2CC2)C2CC2)CCN1. The van der Waals surface area contributed by atoms with Crippen LogP contribution in [0.2, 0.25) is 0 Å². The highest BCUT2D eigenvalue weighted by atomic mass is 16.1. The van der Waals surface area contributed by atoms with Gasteiger partial charge in [-0.05, 0) is 69.7 Å². The predicted molar refractivity (Wildman–Crippen MR) is 72.1 cm³/mol. The molecule has 1 saturated heterocycles. The first-order valence-corrected chi connectivity index (χ1v) is 7.75. The number of hydrogen-bond donors (Lipinski definition) is 2.